The molecule has 0 aromatic heterocycles. The van der Waals surface area contributed by atoms with Crippen molar-refractivity contribution in [2.75, 3.05) is 40.3 Å². The Morgan fingerprint density at radius 3 is 2.75 bits per heavy atom. The van der Waals surface area contributed by atoms with E-state index in [0.29, 0.717) is 6.04 Å². The van der Waals surface area contributed by atoms with E-state index < -0.39 is 0 Å². The summed E-state index contributed by atoms with van der Waals surface area (Å²) < 4.78 is 0. The van der Waals surface area contributed by atoms with Gasteiger partial charge in [-0.2, -0.15) is 0 Å². The van der Waals surface area contributed by atoms with E-state index in [-0.39, 0.29) is 0 Å². The average Bonchev–Trinajstić information content (AvgIpc) is 2.29. The third-order valence-corrected chi connectivity index (χ3v) is 3.85. The molecule has 0 aromatic rings. The summed E-state index contributed by atoms with van der Waals surface area (Å²) in [7, 11) is 4.54. The Balaban J connectivity index is 2.42. The molecule has 0 saturated carbocycles. The van der Waals surface area contributed by atoms with E-state index in [0.717, 1.165) is 19.1 Å². The molecule has 1 fully saturated rings. The van der Waals surface area contributed by atoms with Crippen molar-refractivity contribution in [2.45, 2.75) is 45.2 Å². The van der Waals surface area contributed by atoms with Gasteiger partial charge in [0.1, 0.15) is 0 Å². The van der Waals surface area contributed by atoms with E-state index >= 15 is 0 Å². The molecule has 3 heteroatoms. The first-order valence-electron chi connectivity index (χ1n) is 6.80. The lowest BCUT2D eigenvalue weighted by Crippen LogP contribution is -2.51. The summed E-state index contributed by atoms with van der Waals surface area (Å²) in [5.41, 5.74) is 0. The fourth-order valence-electron chi connectivity index (χ4n) is 2.66. The molecule has 0 aromatic carbocycles. The van der Waals surface area contributed by atoms with Gasteiger partial charge in [-0.1, -0.05) is 13.8 Å². The maximum absolute atomic E-state index is 3.48. The molecule has 0 amide bonds. The number of likely N-dealkylation sites (tertiary alicyclic amines) is 1. The Hall–Kier alpha value is -0.120. The lowest BCUT2D eigenvalue weighted by atomic mass is 10.0. The van der Waals surface area contributed by atoms with Gasteiger partial charge in [0.15, 0.2) is 0 Å². The fourth-order valence-corrected chi connectivity index (χ4v) is 2.66. The van der Waals surface area contributed by atoms with Gasteiger partial charge in [0, 0.05) is 25.2 Å². The van der Waals surface area contributed by atoms with Crippen LogP contribution < -0.4 is 5.32 Å². The van der Waals surface area contributed by atoms with Crippen LogP contribution in [0.25, 0.3) is 0 Å². The molecule has 3 nitrogen and oxygen atoms in total. The average molecular weight is 227 g/mol. The van der Waals surface area contributed by atoms with Crippen molar-refractivity contribution in [3.63, 3.8) is 0 Å². The van der Waals surface area contributed by atoms with Crippen molar-refractivity contribution in [2.24, 2.45) is 0 Å². The van der Waals surface area contributed by atoms with Gasteiger partial charge >= 0.3 is 0 Å². The predicted molar refractivity (Wildman–Crippen MR) is 70.9 cm³/mol. The molecule has 1 saturated heterocycles. The quantitative estimate of drug-likeness (QED) is 0.740. The Morgan fingerprint density at radius 1 is 1.44 bits per heavy atom. The first-order valence-corrected chi connectivity index (χ1v) is 6.80. The Bertz CT molecular complexity index is 184. The van der Waals surface area contributed by atoms with Crippen molar-refractivity contribution >= 4 is 0 Å². The minimum atomic E-state index is 0.691. The Kier molecular flexibility index (Phi) is 6.32. The van der Waals surface area contributed by atoms with Crippen molar-refractivity contribution < 1.29 is 0 Å². The number of nitrogens with one attached hydrogen (secondary N) is 1. The summed E-state index contributed by atoms with van der Waals surface area (Å²) in [6.07, 6.45) is 3.95. The number of nitrogens with zero attached hydrogens (tertiary/aromatic N) is 2. The van der Waals surface area contributed by atoms with Crippen LogP contribution in [0.5, 0.6) is 0 Å². The van der Waals surface area contributed by atoms with E-state index in [4.69, 9.17) is 0 Å². The topological polar surface area (TPSA) is 18.5 Å². The van der Waals surface area contributed by atoms with Crippen LogP contribution in [0.1, 0.15) is 33.1 Å². The van der Waals surface area contributed by atoms with Crippen molar-refractivity contribution in [1.29, 1.82) is 0 Å². The fraction of sp³-hybridized carbons (Fsp3) is 1.00. The van der Waals surface area contributed by atoms with Gasteiger partial charge in [0.2, 0.25) is 0 Å². The highest BCUT2D eigenvalue weighted by Gasteiger charge is 2.25. The van der Waals surface area contributed by atoms with E-state index in [9.17, 15) is 0 Å². The number of hydrogen-bond donors (Lipinski definition) is 1. The summed E-state index contributed by atoms with van der Waals surface area (Å²) in [6, 6.07) is 1.44. The summed E-state index contributed by atoms with van der Waals surface area (Å²) in [6.45, 7) is 9.19. The molecule has 96 valence electrons. The molecule has 0 bridgehead atoms. The van der Waals surface area contributed by atoms with Gasteiger partial charge in [0.05, 0.1) is 0 Å². The maximum Gasteiger partial charge on any atom is 0.0223 e. The highest BCUT2D eigenvalue weighted by atomic mass is 15.2. The molecular weight excluding hydrogens is 198 g/mol. The van der Waals surface area contributed by atoms with E-state index in [1.54, 1.807) is 0 Å². The smallest absolute Gasteiger partial charge is 0.0223 e. The third kappa shape index (κ3) is 4.04. The van der Waals surface area contributed by atoms with Crippen molar-refractivity contribution in [3.8, 4) is 0 Å². The standard InChI is InChI=1S/C13H29N3/c1-5-12(10-14-6-2)16(4)13-8-7-9-15(3)11-13/h12-14H,5-11H2,1-4H3. The van der Waals surface area contributed by atoms with Crippen LogP contribution >= 0.6 is 0 Å². The molecule has 16 heavy (non-hydrogen) atoms. The number of piperidine rings is 1. The molecule has 0 radical (unpaired) electrons. The minimum Gasteiger partial charge on any atom is -0.315 e. The van der Waals surface area contributed by atoms with Crippen LogP contribution in [0.4, 0.5) is 0 Å². The first kappa shape index (κ1) is 13.9. The number of rotatable bonds is 6. The van der Waals surface area contributed by atoms with Crippen LogP contribution in [0.2, 0.25) is 0 Å². The van der Waals surface area contributed by atoms with E-state index in [1.165, 1.54) is 32.4 Å². The lowest BCUT2D eigenvalue weighted by molar-refractivity contribution is 0.0960. The van der Waals surface area contributed by atoms with Crippen LogP contribution in [0.15, 0.2) is 0 Å². The summed E-state index contributed by atoms with van der Waals surface area (Å²) in [5.74, 6) is 0. The second kappa shape index (κ2) is 7.25. The van der Waals surface area contributed by atoms with Gasteiger partial charge in [-0.3, -0.25) is 4.90 Å². The molecule has 1 aliphatic rings. The first-order chi connectivity index (χ1) is 7.69. The molecule has 1 aliphatic heterocycles. The summed E-state index contributed by atoms with van der Waals surface area (Å²) in [4.78, 5) is 5.06. The second-order valence-corrected chi connectivity index (χ2v) is 5.09. The lowest BCUT2D eigenvalue weighted by Gasteiger charge is -2.40. The molecule has 0 aliphatic carbocycles. The normalized spacial score (nSPS) is 24.9. The highest BCUT2D eigenvalue weighted by Crippen LogP contribution is 2.16. The molecule has 0 spiro atoms. The second-order valence-electron chi connectivity index (χ2n) is 5.09. The Labute approximate surface area is 101 Å². The molecule has 1 heterocycles. The zero-order chi connectivity index (χ0) is 12.0. The minimum absolute atomic E-state index is 0.691. The molecule has 1 N–H and O–H groups in total. The predicted octanol–water partition coefficient (Wildman–Crippen LogP) is 1.40. The van der Waals surface area contributed by atoms with Crippen LogP contribution in [0, 0.1) is 0 Å². The SMILES string of the molecule is CCNCC(CC)N(C)C1CCCN(C)C1. The summed E-state index contributed by atoms with van der Waals surface area (Å²) >= 11 is 0. The largest absolute Gasteiger partial charge is 0.315 e. The van der Waals surface area contributed by atoms with Gasteiger partial charge in [0.25, 0.3) is 0 Å². The van der Waals surface area contributed by atoms with Crippen LogP contribution in [-0.2, 0) is 0 Å². The molecule has 2 unspecified atom stereocenters. The van der Waals surface area contributed by atoms with Gasteiger partial charge in [-0.25, -0.2) is 0 Å². The Morgan fingerprint density at radius 2 is 2.19 bits per heavy atom. The molecule has 1 rings (SSSR count). The van der Waals surface area contributed by atoms with Crippen molar-refractivity contribution in [3.05, 3.63) is 0 Å². The maximum atomic E-state index is 3.48. The zero-order valence-corrected chi connectivity index (χ0v) is 11.5. The van der Waals surface area contributed by atoms with Gasteiger partial charge in [-0.15, -0.1) is 0 Å². The van der Waals surface area contributed by atoms with E-state index in [2.05, 4.69) is 43.1 Å². The molecular formula is C13H29N3. The monoisotopic (exact) mass is 227 g/mol. The summed E-state index contributed by atoms with van der Waals surface area (Å²) in [5, 5.41) is 3.48. The van der Waals surface area contributed by atoms with Crippen LogP contribution in [-0.4, -0.2) is 62.2 Å². The molecule has 2 atom stereocenters. The zero-order valence-electron chi connectivity index (χ0n) is 11.5. The third-order valence-electron chi connectivity index (χ3n) is 3.85. The van der Waals surface area contributed by atoms with E-state index in [1.807, 2.05) is 0 Å². The van der Waals surface area contributed by atoms with Gasteiger partial charge < -0.3 is 10.2 Å². The van der Waals surface area contributed by atoms with Crippen molar-refractivity contribution in [1.82, 2.24) is 15.1 Å². The highest BCUT2D eigenvalue weighted by molar-refractivity contribution is 4.82. The van der Waals surface area contributed by atoms with Gasteiger partial charge in [-0.05, 0) is 46.4 Å². The number of likely N-dealkylation sites (N-methyl/N-ethyl adjacent to an activating group) is 3. The number of hydrogen-bond acceptors (Lipinski definition) is 3. The van der Waals surface area contributed by atoms with Crippen LogP contribution in [0.3, 0.4) is 0 Å².